The number of benzene rings is 3. The number of fused-ring (bicyclic) bond motifs is 2. The molecule has 1 aliphatic rings. The van der Waals surface area contributed by atoms with Crippen LogP contribution in [-0.4, -0.2) is 11.6 Å². The Bertz CT molecular complexity index is 1010. The zero-order valence-corrected chi connectivity index (χ0v) is 17.4. The van der Waals surface area contributed by atoms with Crippen molar-refractivity contribution in [2.45, 2.75) is 12.5 Å². The summed E-state index contributed by atoms with van der Waals surface area (Å²) in [6, 6.07) is 16.2. The van der Waals surface area contributed by atoms with Gasteiger partial charge in [-0.2, -0.15) is 0 Å². The van der Waals surface area contributed by atoms with Gasteiger partial charge in [0.1, 0.15) is 17.2 Å². The second-order valence-electron chi connectivity index (χ2n) is 6.28. The Labute approximate surface area is 173 Å². The summed E-state index contributed by atoms with van der Waals surface area (Å²) in [5.41, 5.74) is 1.67. The first-order valence-electron chi connectivity index (χ1n) is 8.15. The van der Waals surface area contributed by atoms with Crippen molar-refractivity contribution in [2.75, 3.05) is 0 Å². The van der Waals surface area contributed by atoms with E-state index in [9.17, 15) is 9.90 Å². The molecular formula is C21H14Br2O4. The van der Waals surface area contributed by atoms with Crippen LogP contribution in [0.1, 0.15) is 22.3 Å². The summed E-state index contributed by atoms with van der Waals surface area (Å²) in [5, 5.41) is 10.1. The molecule has 0 unspecified atom stereocenters. The van der Waals surface area contributed by atoms with Crippen LogP contribution >= 0.6 is 31.9 Å². The second-order valence-corrected chi connectivity index (χ2v) is 8.11. The fraction of sp³-hybridized carbons (Fsp3) is 0.0952. The van der Waals surface area contributed by atoms with Crippen molar-refractivity contribution in [3.05, 3.63) is 85.8 Å². The highest BCUT2D eigenvalue weighted by molar-refractivity contribution is 9.10. The molecule has 0 aromatic heterocycles. The number of hydrogen-bond acceptors (Lipinski definition) is 4. The second kappa shape index (κ2) is 6.69. The number of ether oxygens (including phenoxy) is 2. The Morgan fingerprint density at radius 1 is 0.926 bits per heavy atom. The molecule has 3 aromatic carbocycles. The number of phenolic OH excluding ortho intramolecular Hbond substituents is 1. The Hall–Kier alpha value is -2.31. The van der Waals surface area contributed by atoms with Crippen LogP contribution in [0.15, 0.2) is 63.5 Å². The zero-order valence-electron chi connectivity index (χ0n) is 14.2. The van der Waals surface area contributed by atoms with E-state index in [4.69, 9.17) is 9.47 Å². The van der Waals surface area contributed by atoms with Gasteiger partial charge in [-0.25, -0.2) is 0 Å². The average molecular weight is 490 g/mol. The number of phenols is 1. The lowest BCUT2D eigenvalue weighted by Crippen LogP contribution is -2.36. The monoisotopic (exact) mass is 488 g/mol. The van der Waals surface area contributed by atoms with E-state index in [1.807, 2.05) is 43.3 Å². The number of aromatic hydroxyl groups is 1. The molecule has 4 rings (SSSR count). The fourth-order valence-corrected chi connectivity index (χ4v) is 4.23. The van der Waals surface area contributed by atoms with Gasteiger partial charge >= 0.3 is 0 Å². The smallest absolute Gasteiger partial charge is 0.294 e. The largest absolute Gasteiger partial charge is 0.508 e. The Morgan fingerprint density at radius 3 is 2.07 bits per heavy atom. The minimum absolute atomic E-state index is 0.0910. The molecular weight excluding hydrogens is 476 g/mol. The highest BCUT2D eigenvalue weighted by atomic mass is 79.9. The van der Waals surface area contributed by atoms with Crippen molar-refractivity contribution in [3.8, 4) is 17.2 Å². The third kappa shape index (κ3) is 2.84. The Balaban J connectivity index is 2.15. The first kappa shape index (κ1) is 18.1. The number of carbonyl (C=O) groups is 1. The molecule has 0 bridgehead atoms. The molecule has 0 saturated heterocycles. The fourth-order valence-electron chi connectivity index (χ4n) is 3.55. The van der Waals surface area contributed by atoms with Gasteiger partial charge < -0.3 is 14.6 Å². The van der Waals surface area contributed by atoms with E-state index in [0.29, 0.717) is 34.7 Å². The van der Waals surface area contributed by atoms with Gasteiger partial charge in [-0.1, -0.05) is 37.9 Å². The van der Waals surface area contributed by atoms with Crippen LogP contribution in [0.5, 0.6) is 17.2 Å². The quantitative estimate of drug-likeness (QED) is 0.472. The van der Waals surface area contributed by atoms with Crippen LogP contribution in [0.2, 0.25) is 0 Å². The highest BCUT2D eigenvalue weighted by Crippen LogP contribution is 2.54. The van der Waals surface area contributed by atoms with E-state index in [0.717, 1.165) is 14.5 Å². The number of halogens is 2. The van der Waals surface area contributed by atoms with E-state index in [-0.39, 0.29) is 5.75 Å². The Morgan fingerprint density at radius 2 is 1.52 bits per heavy atom. The normalized spacial score (nSPS) is 13.9. The average Bonchev–Trinajstić information content (AvgIpc) is 2.63. The summed E-state index contributed by atoms with van der Waals surface area (Å²) in [7, 11) is 0. The maximum absolute atomic E-state index is 11.7. The molecule has 136 valence electrons. The van der Waals surface area contributed by atoms with Gasteiger partial charge in [-0.15, -0.1) is 0 Å². The van der Waals surface area contributed by atoms with E-state index < -0.39 is 5.60 Å². The highest BCUT2D eigenvalue weighted by Gasteiger charge is 2.47. The van der Waals surface area contributed by atoms with Gasteiger partial charge in [0.05, 0.1) is 0 Å². The number of carbonyl (C=O) groups excluding carboxylic acids is 1. The first-order valence-corrected chi connectivity index (χ1v) is 9.74. The Kier molecular flexibility index (Phi) is 4.48. The van der Waals surface area contributed by atoms with Crippen molar-refractivity contribution in [2.24, 2.45) is 0 Å². The lowest BCUT2D eigenvalue weighted by Gasteiger charge is -2.39. The number of aryl methyl sites for hydroxylation is 1. The summed E-state index contributed by atoms with van der Waals surface area (Å²) >= 11 is 6.93. The number of hydrogen-bond donors (Lipinski definition) is 1. The van der Waals surface area contributed by atoms with Gasteiger partial charge in [0.15, 0.2) is 5.60 Å². The van der Waals surface area contributed by atoms with Crippen LogP contribution < -0.4 is 4.74 Å². The lowest BCUT2D eigenvalue weighted by molar-refractivity contribution is -0.137. The summed E-state index contributed by atoms with van der Waals surface area (Å²) in [4.78, 5) is 11.7. The van der Waals surface area contributed by atoms with Crippen molar-refractivity contribution in [3.63, 3.8) is 0 Å². The molecule has 1 aliphatic heterocycles. The van der Waals surface area contributed by atoms with Gasteiger partial charge in [-0.3, -0.25) is 4.79 Å². The molecule has 0 saturated carbocycles. The third-order valence-corrected chi connectivity index (χ3v) is 5.68. The van der Waals surface area contributed by atoms with Gasteiger partial charge in [0, 0.05) is 25.6 Å². The van der Waals surface area contributed by atoms with Crippen LogP contribution in [0.3, 0.4) is 0 Å². The van der Waals surface area contributed by atoms with Crippen LogP contribution in [0.25, 0.3) is 0 Å². The van der Waals surface area contributed by atoms with E-state index in [1.54, 1.807) is 18.2 Å². The molecule has 27 heavy (non-hydrogen) atoms. The molecule has 4 nitrogen and oxygen atoms in total. The van der Waals surface area contributed by atoms with Crippen LogP contribution in [0, 0.1) is 6.92 Å². The van der Waals surface area contributed by atoms with Gasteiger partial charge in [-0.05, 0) is 61.0 Å². The van der Waals surface area contributed by atoms with Gasteiger partial charge in [0.25, 0.3) is 6.47 Å². The molecule has 0 radical (unpaired) electrons. The van der Waals surface area contributed by atoms with Crippen LogP contribution in [0.4, 0.5) is 0 Å². The van der Waals surface area contributed by atoms with Crippen LogP contribution in [-0.2, 0) is 15.1 Å². The van der Waals surface area contributed by atoms with E-state index >= 15 is 0 Å². The van der Waals surface area contributed by atoms with E-state index in [1.165, 1.54) is 0 Å². The standard InChI is InChI=1S/C21H14Br2O4/c1-12-2-5-15(25)10-18(12)21(26-11-24)16-6-3-13(22)8-19(16)27-20-9-14(23)4-7-17(20)21/h2-11,25H,1H3. The first-order chi connectivity index (χ1) is 13.0. The molecule has 0 spiro atoms. The number of rotatable bonds is 3. The minimum Gasteiger partial charge on any atom is -0.508 e. The van der Waals surface area contributed by atoms with Crippen molar-refractivity contribution in [1.82, 2.24) is 0 Å². The summed E-state index contributed by atoms with van der Waals surface area (Å²) in [6.45, 7) is 2.35. The predicted octanol–water partition coefficient (Wildman–Crippen LogP) is 5.80. The molecule has 0 fully saturated rings. The minimum atomic E-state index is -1.24. The van der Waals surface area contributed by atoms with Crippen molar-refractivity contribution >= 4 is 38.3 Å². The third-order valence-electron chi connectivity index (χ3n) is 4.69. The molecule has 3 aromatic rings. The molecule has 0 aliphatic carbocycles. The molecule has 1 heterocycles. The van der Waals surface area contributed by atoms with E-state index in [2.05, 4.69) is 31.9 Å². The van der Waals surface area contributed by atoms with Gasteiger partial charge in [0.2, 0.25) is 0 Å². The maximum Gasteiger partial charge on any atom is 0.294 e. The predicted molar refractivity (Wildman–Crippen MR) is 108 cm³/mol. The van der Waals surface area contributed by atoms with Crippen molar-refractivity contribution in [1.29, 1.82) is 0 Å². The molecule has 6 heteroatoms. The molecule has 0 amide bonds. The zero-order chi connectivity index (χ0) is 19.2. The SMILES string of the molecule is Cc1ccc(O)cc1C1(OC=O)c2ccc(Br)cc2Oc2cc(Br)ccc21. The summed E-state index contributed by atoms with van der Waals surface area (Å²) in [5.74, 6) is 1.23. The molecule has 1 N–H and O–H groups in total. The maximum atomic E-state index is 11.7. The summed E-state index contributed by atoms with van der Waals surface area (Å²) in [6.07, 6.45) is 0. The topological polar surface area (TPSA) is 55.8 Å². The molecule has 0 atom stereocenters. The summed E-state index contributed by atoms with van der Waals surface area (Å²) < 4.78 is 13.6. The lowest BCUT2D eigenvalue weighted by atomic mass is 9.76. The van der Waals surface area contributed by atoms with Crippen molar-refractivity contribution < 1.29 is 19.4 Å².